The third-order valence-electron chi connectivity index (χ3n) is 8.76. The van der Waals surface area contributed by atoms with Gasteiger partial charge in [0.05, 0.1) is 16.9 Å². The number of hydrogen-bond donors (Lipinski definition) is 3. The minimum absolute atomic E-state index is 0.0711. The van der Waals surface area contributed by atoms with Crippen LogP contribution in [0, 0.1) is 0 Å². The molecule has 9 heteroatoms. The summed E-state index contributed by atoms with van der Waals surface area (Å²) in [5.41, 5.74) is 2.48. The van der Waals surface area contributed by atoms with E-state index in [0.29, 0.717) is 12.2 Å². The Hall–Kier alpha value is -2.62. The van der Waals surface area contributed by atoms with Crippen molar-refractivity contribution in [2.75, 3.05) is 49.3 Å². The number of anilines is 2. The van der Waals surface area contributed by atoms with Crippen molar-refractivity contribution in [2.24, 2.45) is 0 Å². The number of nitrogens with one attached hydrogen (secondary N) is 2. The highest BCUT2D eigenvalue weighted by molar-refractivity contribution is 7.92. The van der Waals surface area contributed by atoms with Crippen LogP contribution in [0.25, 0.3) is 0 Å². The number of benzene rings is 2. The lowest BCUT2D eigenvalue weighted by molar-refractivity contribution is 0.0696. The number of rotatable bonds is 10. The fourth-order valence-electron chi connectivity index (χ4n) is 6.70. The van der Waals surface area contributed by atoms with Crippen molar-refractivity contribution >= 4 is 27.4 Å². The van der Waals surface area contributed by atoms with Crippen molar-refractivity contribution in [1.82, 2.24) is 9.80 Å². The number of sulfonamides is 1. The van der Waals surface area contributed by atoms with Gasteiger partial charge in [-0.15, -0.1) is 0 Å². The Morgan fingerprint density at radius 3 is 2.46 bits per heavy atom. The normalized spacial score (nSPS) is 21.0. The monoisotopic (exact) mass is 554 g/mol. The summed E-state index contributed by atoms with van der Waals surface area (Å²) < 4.78 is 29.6. The molecule has 1 unspecified atom stereocenters. The molecule has 1 heterocycles. The number of carboxylic acid groups (broad SMARTS) is 1. The quantitative estimate of drug-likeness (QED) is 0.356. The molecule has 3 N–H and O–H groups in total. The molecule has 3 aliphatic rings. The maximum atomic E-state index is 13.5. The second kappa shape index (κ2) is 12.3. The van der Waals surface area contributed by atoms with Gasteiger partial charge in [-0.25, -0.2) is 13.2 Å². The molecule has 8 nitrogen and oxygen atoms in total. The number of para-hydroxylation sites is 1. The van der Waals surface area contributed by atoms with Crippen LogP contribution in [0.15, 0.2) is 41.3 Å². The van der Waals surface area contributed by atoms with E-state index in [0.717, 1.165) is 75.6 Å². The number of piperazine rings is 1. The van der Waals surface area contributed by atoms with Crippen molar-refractivity contribution < 1.29 is 18.3 Å². The van der Waals surface area contributed by atoms with Crippen molar-refractivity contribution in [3.05, 3.63) is 53.1 Å². The molecular weight excluding hydrogens is 512 g/mol. The van der Waals surface area contributed by atoms with E-state index in [1.807, 2.05) is 19.1 Å². The largest absolute Gasteiger partial charge is 0.478 e. The van der Waals surface area contributed by atoms with Crippen molar-refractivity contribution in [3.8, 4) is 0 Å². The molecular formula is C30H42N4O4S. The van der Waals surface area contributed by atoms with Crippen LogP contribution in [-0.2, 0) is 16.4 Å². The number of carbonyl (C=O) groups is 1. The van der Waals surface area contributed by atoms with Gasteiger partial charge in [0, 0.05) is 38.8 Å². The summed E-state index contributed by atoms with van der Waals surface area (Å²) in [5.74, 6) is -1.03. The zero-order chi connectivity index (χ0) is 27.4. The zero-order valence-electron chi connectivity index (χ0n) is 23.0. The van der Waals surface area contributed by atoms with E-state index >= 15 is 0 Å². The highest BCUT2D eigenvalue weighted by Crippen LogP contribution is 2.38. The molecule has 1 saturated heterocycles. The Bertz CT molecular complexity index is 1270. The van der Waals surface area contributed by atoms with E-state index in [-0.39, 0.29) is 22.1 Å². The predicted molar refractivity (Wildman–Crippen MR) is 155 cm³/mol. The molecule has 1 aliphatic heterocycles. The Kier molecular flexibility index (Phi) is 8.79. The molecule has 0 radical (unpaired) electrons. The van der Waals surface area contributed by atoms with E-state index in [9.17, 15) is 18.3 Å². The first-order valence-corrected chi connectivity index (χ1v) is 16.0. The molecule has 2 aromatic rings. The van der Waals surface area contributed by atoms with E-state index < -0.39 is 16.0 Å². The molecule has 2 aromatic carbocycles. The Labute approximate surface area is 232 Å². The van der Waals surface area contributed by atoms with E-state index in [1.165, 1.54) is 25.7 Å². The maximum Gasteiger partial charge on any atom is 0.338 e. The number of aromatic carboxylic acids is 1. The third kappa shape index (κ3) is 6.42. The summed E-state index contributed by atoms with van der Waals surface area (Å²) in [6.07, 6.45) is 9.08. The Morgan fingerprint density at radius 1 is 0.974 bits per heavy atom. The second-order valence-electron chi connectivity index (χ2n) is 11.4. The first-order chi connectivity index (χ1) is 18.8. The lowest BCUT2D eigenvalue weighted by Crippen LogP contribution is -2.49. The van der Waals surface area contributed by atoms with Crippen molar-refractivity contribution in [2.45, 2.75) is 75.1 Å². The van der Waals surface area contributed by atoms with Gasteiger partial charge in [0.15, 0.2) is 0 Å². The minimum Gasteiger partial charge on any atom is -0.478 e. The first-order valence-electron chi connectivity index (χ1n) is 14.5. The molecule has 0 amide bonds. The smallest absolute Gasteiger partial charge is 0.338 e. The SMILES string of the molecule is CC1CCCc2ccc(NS(=O)(=O)c3ccccc3NCCCN3CCN(C4CCCC4)CC3)c(C(=O)O)c21. The summed E-state index contributed by atoms with van der Waals surface area (Å²) in [6, 6.07) is 11.1. The van der Waals surface area contributed by atoms with Gasteiger partial charge in [-0.1, -0.05) is 38.0 Å². The lowest BCUT2D eigenvalue weighted by atomic mass is 9.80. The number of hydrogen-bond acceptors (Lipinski definition) is 6. The van der Waals surface area contributed by atoms with Crippen LogP contribution in [-0.4, -0.2) is 74.6 Å². The summed E-state index contributed by atoms with van der Waals surface area (Å²) in [7, 11) is -4.01. The van der Waals surface area contributed by atoms with E-state index in [1.54, 1.807) is 24.3 Å². The fourth-order valence-corrected chi connectivity index (χ4v) is 7.95. The number of fused-ring (bicyclic) bond motifs is 1. The van der Waals surface area contributed by atoms with Crippen LogP contribution in [0.2, 0.25) is 0 Å². The third-order valence-corrected chi connectivity index (χ3v) is 10.2. The summed E-state index contributed by atoms with van der Waals surface area (Å²) in [4.78, 5) is 17.6. The average molecular weight is 555 g/mol. The molecule has 212 valence electrons. The fraction of sp³-hybridized carbons (Fsp3) is 0.567. The summed E-state index contributed by atoms with van der Waals surface area (Å²) in [5, 5.41) is 13.3. The van der Waals surface area contributed by atoms with E-state index in [2.05, 4.69) is 19.8 Å². The highest BCUT2D eigenvalue weighted by atomic mass is 32.2. The second-order valence-corrected chi connectivity index (χ2v) is 13.0. The van der Waals surface area contributed by atoms with Crippen molar-refractivity contribution in [1.29, 1.82) is 0 Å². The molecule has 2 aliphatic carbocycles. The number of aryl methyl sites for hydroxylation is 1. The van der Waals surface area contributed by atoms with E-state index in [4.69, 9.17) is 0 Å². The van der Waals surface area contributed by atoms with Gasteiger partial charge in [-0.05, 0) is 80.3 Å². The Balaban J connectivity index is 1.21. The van der Waals surface area contributed by atoms with Crippen molar-refractivity contribution in [3.63, 3.8) is 0 Å². The van der Waals surface area contributed by atoms with Crippen LogP contribution >= 0.6 is 0 Å². The standard InChI is InChI=1S/C30H42N4O4S/c1-22-8-6-9-23-14-15-26(29(28(22)23)30(35)36)32-39(37,38)27-13-5-4-12-25(27)31-16-7-17-33-18-20-34(21-19-33)24-10-2-3-11-24/h4-5,12-15,22,24,31-32H,2-3,6-11,16-21H2,1H3,(H,35,36). The van der Waals surface area contributed by atoms with Gasteiger partial charge in [0.25, 0.3) is 10.0 Å². The summed E-state index contributed by atoms with van der Waals surface area (Å²) >= 11 is 0. The molecule has 5 rings (SSSR count). The Morgan fingerprint density at radius 2 is 1.72 bits per heavy atom. The lowest BCUT2D eigenvalue weighted by Gasteiger charge is -2.38. The first kappa shape index (κ1) is 27.9. The van der Waals surface area contributed by atoms with Gasteiger partial charge in [-0.2, -0.15) is 0 Å². The molecule has 0 spiro atoms. The average Bonchev–Trinajstić information content (AvgIpc) is 3.47. The van der Waals surface area contributed by atoms with Gasteiger partial charge < -0.3 is 15.3 Å². The van der Waals surface area contributed by atoms with Gasteiger partial charge in [-0.3, -0.25) is 9.62 Å². The molecule has 39 heavy (non-hydrogen) atoms. The van der Waals surface area contributed by atoms with Crippen LogP contribution in [0.5, 0.6) is 0 Å². The molecule has 1 saturated carbocycles. The predicted octanol–water partition coefficient (Wildman–Crippen LogP) is 4.99. The van der Waals surface area contributed by atoms with Gasteiger partial charge in [0.2, 0.25) is 0 Å². The highest BCUT2D eigenvalue weighted by Gasteiger charge is 2.29. The zero-order valence-corrected chi connectivity index (χ0v) is 23.8. The van der Waals surface area contributed by atoms with Gasteiger partial charge >= 0.3 is 5.97 Å². The van der Waals surface area contributed by atoms with Gasteiger partial charge in [0.1, 0.15) is 4.90 Å². The van der Waals surface area contributed by atoms with Crippen LogP contribution in [0.3, 0.4) is 0 Å². The minimum atomic E-state index is -4.01. The number of nitrogens with zero attached hydrogens (tertiary/aromatic N) is 2. The maximum absolute atomic E-state index is 13.5. The molecule has 1 atom stereocenters. The van der Waals surface area contributed by atoms with Crippen LogP contribution in [0.4, 0.5) is 11.4 Å². The van der Waals surface area contributed by atoms with Crippen LogP contribution in [0.1, 0.15) is 79.3 Å². The molecule has 2 fully saturated rings. The molecule has 0 aromatic heterocycles. The topological polar surface area (TPSA) is 102 Å². The van der Waals surface area contributed by atoms with Crippen LogP contribution < -0.4 is 10.0 Å². The number of carboxylic acids is 1. The molecule has 0 bridgehead atoms. The summed E-state index contributed by atoms with van der Waals surface area (Å²) in [6.45, 7) is 8.13.